The van der Waals surface area contributed by atoms with Crippen LogP contribution in [0.15, 0.2) is 48.5 Å². The van der Waals surface area contributed by atoms with Crippen LogP contribution in [0.2, 0.25) is 0 Å². The lowest BCUT2D eigenvalue weighted by atomic mass is 9.94. The first kappa shape index (κ1) is 28.0. The summed E-state index contributed by atoms with van der Waals surface area (Å²) in [6.45, 7) is 2.40. The van der Waals surface area contributed by atoms with Crippen molar-refractivity contribution >= 4 is 45.4 Å². The highest BCUT2D eigenvalue weighted by molar-refractivity contribution is 7.15. The van der Waals surface area contributed by atoms with Crippen molar-refractivity contribution in [3.8, 4) is 10.4 Å². The van der Waals surface area contributed by atoms with Gasteiger partial charge in [0.25, 0.3) is 5.78 Å². The highest BCUT2D eigenvalue weighted by Gasteiger charge is 2.80. The van der Waals surface area contributed by atoms with Gasteiger partial charge < -0.3 is 5.11 Å². The highest BCUT2D eigenvalue weighted by atomic mass is 32.1. The van der Waals surface area contributed by atoms with Crippen LogP contribution >= 0.6 is 22.7 Å². The third kappa shape index (κ3) is 4.25. The maximum absolute atomic E-state index is 15.2. The van der Waals surface area contributed by atoms with E-state index < -0.39 is 62.6 Å². The van der Waals surface area contributed by atoms with Crippen LogP contribution in [0.3, 0.4) is 0 Å². The molecule has 0 unspecified atom stereocenters. The van der Waals surface area contributed by atoms with Crippen molar-refractivity contribution in [2.24, 2.45) is 0 Å². The number of halogens is 9. The summed E-state index contributed by atoms with van der Waals surface area (Å²) in [5.41, 5.74) is -4.14. The van der Waals surface area contributed by atoms with Crippen LogP contribution in [0.25, 0.3) is 27.3 Å². The number of ketones is 1. The van der Waals surface area contributed by atoms with Crippen molar-refractivity contribution in [3.63, 3.8) is 0 Å². The molecule has 38 heavy (non-hydrogen) atoms. The molecule has 0 saturated carbocycles. The van der Waals surface area contributed by atoms with Gasteiger partial charge in [-0.15, -0.1) is 22.7 Å². The molecule has 1 aliphatic carbocycles. The zero-order valence-electron chi connectivity index (χ0n) is 19.2. The topological polar surface area (TPSA) is 37.3 Å². The predicted octanol–water partition coefficient (Wildman–Crippen LogP) is 8.95. The molecule has 0 spiro atoms. The summed E-state index contributed by atoms with van der Waals surface area (Å²) in [5.74, 6) is -20.3. The molecule has 0 atom stereocenters. The second kappa shape index (κ2) is 9.01. The van der Waals surface area contributed by atoms with Gasteiger partial charge >= 0.3 is 23.9 Å². The molecule has 3 aromatic rings. The Kier molecular flexibility index (Phi) is 6.63. The number of aliphatic hydroxyl groups is 1. The Morgan fingerprint density at radius 2 is 1.34 bits per heavy atom. The second-order valence-corrected chi connectivity index (χ2v) is 10.9. The first-order valence-electron chi connectivity index (χ1n) is 10.6. The molecule has 13 heteroatoms. The van der Waals surface area contributed by atoms with Crippen molar-refractivity contribution in [1.29, 1.82) is 0 Å². The van der Waals surface area contributed by atoms with E-state index >= 15 is 17.6 Å². The molecule has 0 fully saturated rings. The van der Waals surface area contributed by atoms with Gasteiger partial charge in [0.05, 0.1) is 4.88 Å². The number of hydrogen-bond donors (Lipinski definition) is 1. The van der Waals surface area contributed by atoms with Crippen molar-refractivity contribution in [2.75, 3.05) is 0 Å². The van der Waals surface area contributed by atoms with Gasteiger partial charge in [-0.05, 0) is 42.7 Å². The Hall–Kier alpha value is -3.06. The molecule has 0 radical (unpaired) electrons. The standard InChI is InChI=1S/C25H15F9O2S2/c1-11-14(8-17(37-11)13-6-4-3-5-7-13)20-21(23(28,29)25(33,34)22(20,26)27)15-9-18(38-12(15)2)16(35)10-19(36)24(30,31)32/h3-10,35H,1-2H3. The predicted molar refractivity (Wildman–Crippen MR) is 127 cm³/mol. The van der Waals surface area contributed by atoms with E-state index in [0.717, 1.165) is 24.3 Å². The average molecular weight is 583 g/mol. The number of aryl methyl sites for hydroxylation is 2. The molecule has 0 bridgehead atoms. The van der Waals surface area contributed by atoms with Crippen LogP contribution in [-0.4, -0.2) is 34.8 Å². The van der Waals surface area contributed by atoms with Crippen LogP contribution in [0.4, 0.5) is 39.5 Å². The number of alkyl halides is 9. The molecular weight excluding hydrogens is 567 g/mol. The fourth-order valence-electron chi connectivity index (χ4n) is 4.04. The highest BCUT2D eigenvalue weighted by Crippen LogP contribution is 2.66. The Labute approximate surface area is 217 Å². The third-order valence-corrected chi connectivity index (χ3v) is 8.07. The molecule has 2 nitrogen and oxygen atoms in total. The molecule has 202 valence electrons. The van der Waals surface area contributed by atoms with Gasteiger partial charge in [-0.1, -0.05) is 30.3 Å². The van der Waals surface area contributed by atoms with Gasteiger partial charge in [0, 0.05) is 31.9 Å². The molecule has 1 N–H and O–H groups in total. The Morgan fingerprint density at radius 1 is 0.842 bits per heavy atom. The minimum atomic E-state index is -5.84. The van der Waals surface area contributed by atoms with Crippen LogP contribution in [0.5, 0.6) is 0 Å². The number of carbonyl (C=O) groups excluding carboxylic acids is 1. The minimum absolute atomic E-state index is 0.0520. The number of aliphatic hydroxyl groups excluding tert-OH is 1. The van der Waals surface area contributed by atoms with Crippen LogP contribution in [0.1, 0.15) is 25.8 Å². The molecule has 0 amide bonds. The quantitative estimate of drug-likeness (QED) is 0.185. The maximum atomic E-state index is 15.2. The number of carbonyl (C=O) groups is 1. The lowest BCUT2D eigenvalue weighted by molar-refractivity contribution is -0.254. The van der Waals surface area contributed by atoms with Crippen molar-refractivity contribution in [1.82, 2.24) is 0 Å². The van der Waals surface area contributed by atoms with Gasteiger partial charge in [-0.25, -0.2) is 0 Å². The molecule has 2 aromatic heterocycles. The van der Waals surface area contributed by atoms with Gasteiger partial charge in [0.1, 0.15) is 5.76 Å². The number of benzene rings is 1. The Morgan fingerprint density at radius 3 is 1.87 bits per heavy atom. The van der Waals surface area contributed by atoms with E-state index in [1.807, 2.05) is 0 Å². The molecule has 0 aliphatic heterocycles. The Bertz CT molecular complexity index is 1480. The van der Waals surface area contributed by atoms with E-state index in [1.54, 1.807) is 30.3 Å². The van der Waals surface area contributed by atoms with E-state index in [-0.39, 0.29) is 15.8 Å². The summed E-state index contributed by atoms with van der Waals surface area (Å²) in [5, 5.41) is 9.98. The largest absolute Gasteiger partial charge is 0.506 e. The molecule has 2 heterocycles. The molecule has 0 saturated heterocycles. The van der Waals surface area contributed by atoms with Crippen LogP contribution in [-0.2, 0) is 4.79 Å². The normalized spacial score (nSPS) is 18.8. The van der Waals surface area contributed by atoms with E-state index in [2.05, 4.69) is 0 Å². The summed E-state index contributed by atoms with van der Waals surface area (Å²) in [6, 6.07) is 9.90. The lowest BCUT2D eigenvalue weighted by Gasteiger charge is -2.25. The SMILES string of the molecule is Cc1sc(C(O)=CC(=O)C(F)(F)F)cc1C1=C(c2cc(-c3ccccc3)sc2C)C(F)(F)C(F)(F)C1(F)F. The van der Waals surface area contributed by atoms with Gasteiger partial charge in [-0.2, -0.15) is 39.5 Å². The average Bonchev–Trinajstić information content (AvgIpc) is 3.41. The number of hydrogen-bond acceptors (Lipinski definition) is 4. The summed E-state index contributed by atoms with van der Waals surface area (Å²) in [6.07, 6.45) is -5.57. The monoisotopic (exact) mass is 582 g/mol. The summed E-state index contributed by atoms with van der Waals surface area (Å²) in [7, 11) is 0. The van der Waals surface area contributed by atoms with Gasteiger partial charge in [-0.3, -0.25) is 4.79 Å². The van der Waals surface area contributed by atoms with Crippen molar-refractivity contribution in [2.45, 2.75) is 37.8 Å². The Balaban J connectivity index is 1.97. The van der Waals surface area contributed by atoms with Crippen LogP contribution < -0.4 is 0 Å². The smallest absolute Gasteiger partial charge is 0.454 e. The first-order valence-corrected chi connectivity index (χ1v) is 12.2. The second-order valence-electron chi connectivity index (χ2n) is 8.39. The fraction of sp³-hybridized carbons (Fsp3) is 0.240. The van der Waals surface area contributed by atoms with Gasteiger partial charge in [0.15, 0.2) is 0 Å². The fourth-order valence-corrected chi connectivity index (χ4v) is 6.01. The summed E-state index contributed by atoms with van der Waals surface area (Å²) < 4.78 is 128. The van der Waals surface area contributed by atoms with E-state index in [9.17, 15) is 31.9 Å². The van der Waals surface area contributed by atoms with Gasteiger partial charge in [0.2, 0.25) is 0 Å². The van der Waals surface area contributed by atoms with Crippen LogP contribution in [0, 0.1) is 13.8 Å². The minimum Gasteiger partial charge on any atom is -0.506 e. The van der Waals surface area contributed by atoms with E-state index in [1.165, 1.54) is 6.92 Å². The summed E-state index contributed by atoms with van der Waals surface area (Å²) >= 11 is 1.30. The molecule has 1 aliphatic rings. The van der Waals surface area contributed by atoms with E-state index in [0.29, 0.717) is 27.8 Å². The maximum Gasteiger partial charge on any atom is 0.454 e. The third-order valence-electron chi connectivity index (χ3n) is 5.90. The van der Waals surface area contributed by atoms with Crippen molar-refractivity contribution in [3.05, 3.63) is 74.3 Å². The molecular formula is C25H15F9O2S2. The van der Waals surface area contributed by atoms with E-state index in [4.69, 9.17) is 0 Å². The lowest BCUT2D eigenvalue weighted by Crippen LogP contribution is -2.48. The zero-order chi connectivity index (χ0) is 28.4. The summed E-state index contributed by atoms with van der Waals surface area (Å²) in [4.78, 5) is 10.7. The number of allylic oxidation sites excluding steroid dienone is 3. The zero-order valence-corrected chi connectivity index (χ0v) is 20.8. The first-order chi connectivity index (χ1) is 17.4. The molecule has 4 rings (SSSR count). The molecule has 1 aromatic carbocycles. The number of rotatable bonds is 5. The number of thiophene rings is 2. The van der Waals surface area contributed by atoms with Crippen molar-refractivity contribution < 1.29 is 49.4 Å².